The van der Waals surface area contributed by atoms with Crippen molar-refractivity contribution in [1.29, 1.82) is 0 Å². The van der Waals surface area contributed by atoms with Crippen LogP contribution in [0.1, 0.15) is 41.5 Å². The number of hydrogen-bond donors (Lipinski definition) is 3. The first-order valence-corrected chi connectivity index (χ1v) is 6.18. The minimum absolute atomic E-state index is 0.364. The molecule has 0 fully saturated rings. The Morgan fingerprint density at radius 2 is 1.53 bits per heavy atom. The van der Waals surface area contributed by atoms with Crippen LogP contribution in [0.5, 0.6) is 0 Å². The minimum atomic E-state index is -1.09. The standard InChI is InChI=1S/C13H26N2O4/c1-11(2,8-19-7)14-10(18)15-13(5,6)12(3,4)9(16)17/h8H2,1-7H3,(H,16,17)(H2,14,15,18). The Morgan fingerprint density at radius 3 is 1.89 bits per heavy atom. The van der Waals surface area contributed by atoms with Gasteiger partial charge in [-0.25, -0.2) is 4.79 Å². The molecule has 0 rings (SSSR count). The summed E-state index contributed by atoms with van der Waals surface area (Å²) in [6, 6.07) is -0.415. The van der Waals surface area contributed by atoms with E-state index in [2.05, 4.69) is 10.6 Å². The summed E-state index contributed by atoms with van der Waals surface area (Å²) in [5, 5.41) is 14.7. The third kappa shape index (κ3) is 4.70. The first-order chi connectivity index (χ1) is 8.35. The van der Waals surface area contributed by atoms with Crippen LogP contribution < -0.4 is 10.6 Å². The molecule has 0 aliphatic rings. The summed E-state index contributed by atoms with van der Waals surface area (Å²) in [6.07, 6.45) is 0. The Balaban J connectivity index is 4.77. The predicted octanol–water partition coefficient (Wildman–Crippen LogP) is 1.60. The number of hydrogen-bond acceptors (Lipinski definition) is 3. The van der Waals surface area contributed by atoms with Crippen molar-refractivity contribution in [2.24, 2.45) is 5.41 Å². The number of urea groups is 1. The number of carboxylic acids is 1. The summed E-state index contributed by atoms with van der Waals surface area (Å²) >= 11 is 0. The van der Waals surface area contributed by atoms with Gasteiger partial charge in [0, 0.05) is 7.11 Å². The van der Waals surface area contributed by atoms with E-state index in [-0.39, 0.29) is 0 Å². The van der Waals surface area contributed by atoms with Crippen molar-refractivity contribution < 1.29 is 19.4 Å². The molecule has 0 aromatic heterocycles. The quantitative estimate of drug-likeness (QED) is 0.686. The normalized spacial score (nSPS) is 13.0. The summed E-state index contributed by atoms with van der Waals surface area (Å²) < 4.78 is 5.01. The number of carboxylic acid groups (broad SMARTS) is 1. The molecule has 3 N–H and O–H groups in total. The van der Waals surface area contributed by atoms with E-state index in [0.29, 0.717) is 6.61 Å². The summed E-state index contributed by atoms with van der Waals surface area (Å²) in [5.74, 6) is -0.964. The lowest BCUT2D eigenvalue weighted by atomic mass is 9.74. The second-order valence-electron chi connectivity index (χ2n) is 6.45. The number of nitrogens with one attached hydrogen (secondary N) is 2. The molecular weight excluding hydrogens is 248 g/mol. The van der Waals surface area contributed by atoms with E-state index in [1.165, 1.54) is 0 Å². The zero-order valence-electron chi connectivity index (χ0n) is 12.9. The van der Waals surface area contributed by atoms with Crippen LogP contribution in [0.4, 0.5) is 4.79 Å². The maximum atomic E-state index is 11.9. The third-order valence-corrected chi connectivity index (χ3v) is 3.48. The van der Waals surface area contributed by atoms with Crippen LogP contribution in [0, 0.1) is 5.41 Å². The highest BCUT2D eigenvalue weighted by molar-refractivity contribution is 5.80. The monoisotopic (exact) mass is 274 g/mol. The molecule has 0 aromatic carbocycles. The predicted molar refractivity (Wildman–Crippen MR) is 73.1 cm³/mol. The highest BCUT2D eigenvalue weighted by atomic mass is 16.5. The fourth-order valence-electron chi connectivity index (χ4n) is 1.44. The number of carbonyl (C=O) groups excluding carboxylic acids is 1. The summed E-state index contributed by atoms with van der Waals surface area (Å²) in [4.78, 5) is 23.2. The molecule has 2 amide bonds. The summed E-state index contributed by atoms with van der Waals surface area (Å²) in [7, 11) is 1.55. The summed E-state index contributed by atoms with van der Waals surface area (Å²) in [5.41, 5.74) is -2.51. The second-order valence-corrected chi connectivity index (χ2v) is 6.45. The van der Waals surface area contributed by atoms with Gasteiger partial charge < -0.3 is 20.5 Å². The lowest BCUT2D eigenvalue weighted by Gasteiger charge is -2.39. The molecule has 0 unspecified atom stereocenters. The average Bonchev–Trinajstić information content (AvgIpc) is 2.13. The van der Waals surface area contributed by atoms with Crippen molar-refractivity contribution in [3.05, 3.63) is 0 Å². The van der Waals surface area contributed by atoms with Gasteiger partial charge in [0.25, 0.3) is 0 Å². The molecule has 0 saturated carbocycles. The maximum Gasteiger partial charge on any atom is 0.315 e. The molecule has 0 radical (unpaired) electrons. The second kappa shape index (κ2) is 5.77. The Kier molecular flexibility index (Phi) is 5.38. The van der Waals surface area contributed by atoms with Crippen molar-refractivity contribution in [2.75, 3.05) is 13.7 Å². The van der Waals surface area contributed by atoms with E-state index < -0.39 is 28.5 Å². The first kappa shape index (κ1) is 17.7. The van der Waals surface area contributed by atoms with Gasteiger partial charge in [-0.05, 0) is 41.5 Å². The Morgan fingerprint density at radius 1 is 1.05 bits per heavy atom. The molecule has 0 bridgehead atoms. The Bertz CT molecular complexity index is 349. The summed E-state index contributed by atoms with van der Waals surface area (Å²) in [6.45, 7) is 10.5. The largest absolute Gasteiger partial charge is 0.481 e. The molecular formula is C13H26N2O4. The maximum absolute atomic E-state index is 11.9. The van der Waals surface area contributed by atoms with Gasteiger partial charge in [-0.2, -0.15) is 0 Å². The average molecular weight is 274 g/mol. The van der Waals surface area contributed by atoms with Gasteiger partial charge in [0.15, 0.2) is 0 Å². The van der Waals surface area contributed by atoms with Crippen LogP contribution in [0.2, 0.25) is 0 Å². The van der Waals surface area contributed by atoms with Gasteiger partial charge in [0.1, 0.15) is 0 Å². The van der Waals surface area contributed by atoms with Crippen molar-refractivity contribution in [2.45, 2.75) is 52.6 Å². The smallest absolute Gasteiger partial charge is 0.315 e. The molecule has 0 saturated heterocycles. The van der Waals surface area contributed by atoms with E-state index >= 15 is 0 Å². The number of aliphatic carboxylic acids is 1. The first-order valence-electron chi connectivity index (χ1n) is 6.18. The molecule has 0 aliphatic heterocycles. The zero-order chi connectivity index (χ0) is 15.5. The van der Waals surface area contributed by atoms with E-state index in [1.807, 2.05) is 13.8 Å². The van der Waals surface area contributed by atoms with Gasteiger partial charge >= 0.3 is 12.0 Å². The Labute approximate surface area is 114 Å². The third-order valence-electron chi connectivity index (χ3n) is 3.48. The van der Waals surface area contributed by atoms with Crippen LogP contribution >= 0.6 is 0 Å². The number of methoxy groups -OCH3 is 1. The zero-order valence-corrected chi connectivity index (χ0v) is 12.9. The molecule has 0 aliphatic carbocycles. The van der Waals surface area contributed by atoms with Crippen LogP contribution in [-0.4, -0.2) is 41.9 Å². The Hall–Kier alpha value is -1.30. The van der Waals surface area contributed by atoms with Crippen molar-refractivity contribution in [3.63, 3.8) is 0 Å². The molecule has 6 heteroatoms. The molecule has 112 valence electrons. The van der Waals surface area contributed by atoms with Gasteiger partial charge in [-0.1, -0.05) is 0 Å². The van der Waals surface area contributed by atoms with Gasteiger partial charge in [0.05, 0.1) is 23.1 Å². The molecule has 6 nitrogen and oxygen atoms in total. The van der Waals surface area contributed by atoms with Crippen molar-refractivity contribution >= 4 is 12.0 Å². The van der Waals surface area contributed by atoms with Gasteiger partial charge in [-0.3, -0.25) is 4.79 Å². The van der Waals surface area contributed by atoms with Crippen LogP contribution in [-0.2, 0) is 9.53 Å². The van der Waals surface area contributed by atoms with Gasteiger partial charge in [0.2, 0.25) is 0 Å². The molecule has 0 spiro atoms. The van der Waals surface area contributed by atoms with Crippen LogP contribution in [0.25, 0.3) is 0 Å². The fraction of sp³-hybridized carbons (Fsp3) is 0.846. The van der Waals surface area contributed by atoms with Crippen LogP contribution in [0.15, 0.2) is 0 Å². The van der Waals surface area contributed by atoms with E-state index in [9.17, 15) is 14.7 Å². The highest BCUT2D eigenvalue weighted by Gasteiger charge is 2.44. The fourth-order valence-corrected chi connectivity index (χ4v) is 1.44. The molecule has 0 heterocycles. The van der Waals surface area contributed by atoms with E-state index in [4.69, 9.17) is 4.74 Å². The van der Waals surface area contributed by atoms with Crippen molar-refractivity contribution in [3.8, 4) is 0 Å². The highest BCUT2D eigenvalue weighted by Crippen LogP contribution is 2.30. The van der Waals surface area contributed by atoms with Gasteiger partial charge in [-0.15, -0.1) is 0 Å². The SMILES string of the molecule is COCC(C)(C)NC(=O)NC(C)(C)C(C)(C)C(=O)O. The molecule has 0 aromatic rings. The van der Waals surface area contributed by atoms with Crippen LogP contribution in [0.3, 0.4) is 0 Å². The topological polar surface area (TPSA) is 87.7 Å². The number of amides is 2. The molecule has 19 heavy (non-hydrogen) atoms. The van der Waals surface area contributed by atoms with E-state index in [0.717, 1.165) is 0 Å². The number of carbonyl (C=O) groups is 2. The van der Waals surface area contributed by atoms with E-state index in [1.54, 1.807) is 34.8 Å². The lowest BCUT2D eigenvalue weighted by molar-refractivity contribution is -0.150. The minimum Gasteiger partial charge on any atom is -0.481 e. The van der Waals surface area contributed by atoms with Crippen molar-refractivity contribution in [1.82, 2.24) is 10.6 Å². The number of rotatable bonds is 6. The number of ether oxygens (including phenoxy) is 1. The lowest BCUT2D eigenvalue weighted by Crippen LogP contribution is -2.61. The molecule has 0 atom stereocenters.